The van der Waals surface area contributed by atoms with Crippen molar-refractivity contribution in [1.82, 2.24) is 24.7 Å². The monoisotopic (exact) mass is 354 g/mol. The van der Waals surface area contributed by atoms with Crippen LogP contribution in [0.25, 0.3) is 0 Å². The zero-order valence-electron chi connectivity index (χ0n) is 13.1. The molecule has 3 rings (SSSR count). The summed E-state index contributed by atoms with van der Waals surface area (Å²) in [6.45, 7) is 5.61. The molecule has 1 aliphatic heterocycles. The van der Waals surface area contributed by atoms with Crippen molar-refractivity contribution in [2.24, 2.45) is 5.10 Å². The molecule has 0 unspecified atom stereocenters. The van der Waals surface area contributed by atoms with Crippen molar-refractivity contribution in [3.63, 3.8) is 0 Å². The molecule has 0 aliphatic carbocycles. The molecule has 10 heteroatoms. The van der Waals surface area contributed by atoms with E-state index in [1.807, 2.05) is 18.5 Å². The van der Waals surface area contributed by atoms with Crippen LogP contribution in [0.3, 0.4) is 0 Å². The van der Waals surface area contributed by atoms with Crippen molar-refractivity contribution in [1.29, 1.82) is 0 Å². The highest BCUT2D eigenvalue weighted by atomic mass is 32.2. The van der Waals surface area contributed by atoms with E-state index in [-0.39, 0.29) is 17.5 Å². The molecule has 0 radical (unpaired) electrons. The summed E-state index contributed by atoms with van der Waals surface area (Å²) in [6.07, 6.45) is 2.29. The van der Waals surface area contributed by atoms with Gasteiger partial charge in [0.25, 0.3) is 0 Å². The molecule has 1 aliphatic rings. The molecule has 1 saturated heterocycles. The summed E-state index contributed by atoms with van der Waals surface area (Å²) in [5.74, 6) is 1.04. The molecule has 124 valence electrons. The van der Waals surface area contributed by atoms with Gasteiger partial charge in [-0.3, -0.25) is 9.78 Å². The maximum atomic E-state index is 11.7. The van der Waals surface area contributed by atoms with Crippen LogP contribution in [-0.4, -0.2) is 50.8 Å². The fraction of sp³-hybridized carbons (Fsp3) is 0.538. The van der Waals surface area contributed by atoms with Crippen LogP contribution in [-0.2, 0) is 9.84 Å². The Balaban J connectivity index is 1.94. The summed E-state index contributed by atoms with van der Waals surface area (Å²) in [6, 6.07) is -0.0984. The highest BCUT2D eigenvalue weighted by Gasteiger charge is 2.31. The lowest BCUT2D eigenvalue weighted by Crippen LogP contribution is -2.14. The van der Waals surface area contributed by atoms with Crippen LogP contribution in [0.1, 0.15) is 35.2 Å². The first kappa shape index (κ1) is 16.1. The van der Waals surface area contributed by atoms with E-state index >= 15 is 0 Å². The smallest absolute Gasteiger partial charge is 0.216 e. The number of hydrogen-bond donors (Lipinski definition) is 1. The zero-order valence-corrected chi connectivity index (χ0v) is 14.8. The van der Waals surface area contributed by atoms with Crippen LogP contribution in [0.5, 0.6) is 0 Å². The fourth-order valence-electron chi connectivity index (χ4n) is 2.81. The molecular formula is C13H18N6O2S2. The van der Waals surface area contributed by atoms with Crippen LogP contribution in [0, 0.1) is 25.5 Å². The predicted molar refractivity (Wildman–Crippen MR) is 89.1 cm³/mol. The molecule has 3 heterocycles. The van der Waals surface area contributed by atoms with Gasteiger partial charge in [0.05, 0.1) is 29.5 Å². The second-order valence-electron chi connectivity index (χ2n) is 5.72. The average Bonchev–Trinajstić information content (AvgIpc) is 3.08. The third kappa shape index (κ3) is 3.00. The molecule has 1 fully saturated rings. The lowest BCUT2D eigenvalue weighted by atomic mass is 10.2. The Hall–Kier alpha value is -1.81. The number of nitrogens with one attached hydrogen (secondary N) is 1. The van der Waals surface area contributed by atoms with Gasteiger partial charge in [-0.05, 0) is 39.4 Å². The first-order valence-corrected chi connectivity index (χ1v) is 9.46. The van der Waals surface area contributed by atoms with Crippen molar-refractivity contribution < 1.29 is 8.42 Å². The number of aryl methyl sites for hydroxylation is 2. The van der Waals surface area contributed by atoms with Crippen molar-refractivity contribution in [3.8, 4) is 0 Å². The molecule has 0 saturated carbocycles. The number of rotatable bonds is 3. The lowest BCUT2D eigenvalue weighted by Gasteiger charge is -2.10. The van der Waals surface area contributed by atoms with E-state index in [2.05, 4.69) is 20.4 Å². The van der Waals surface area contributed by atoms with Crippen molar-refractivity contribution in [3.05, 3.63) is 27.5 Å². The third-order valence-corrected chi connectivity index (χ3v) is 6.06. The molecule has 0 amide bonds. The number of nitrogens with zero attached hydrogens (tertiary/aromatic N) is 5. The first-order chi connectivity index (χ1) is 10.8. The Morgan fingerprint density at radius 2 is 2.13 bits per heavy atom. The van der Waals surface area contributed by atoms with E-state index in [9.17, 15) is 8.42 Å². The molecule has 0 aromatic carbocycles. The summed E-state index contributed by atoms with van der Waals surface area (Å²) in [4.78, 5) is 0. The fourth-order valence-corrected chi connectivity index (χ4v) is 4.73. The number of aromatic nitrogens is 5. The minimum absolute atomic E-state index is 0.0984. The van der Waals surface area contributed by atoms with Gasteiger partial charge in [0.15, 0.2) is 9.84 Å². The van der Waals surface area contributed by atoms with Gasteiger partial charge >= 0.3 is 0 Å². The maximum absolute atomic E-state index is 11.7. The van der Waals surface area contributed by atoms with E-state index < -0.39 is 9.84 Å². The maximum Gasteiger partial charge on any atom is 0.216 e. The Morgan fingerprint density at radius 1 is 1.39 bits per heavy atom. The topological polar surface area (TPSA) is 97.9 Å². The minimum atomic E-state index is -2.95. The largest absolute Gasteiger partial charge is 0.265 e. The number of aromatic amines is 1. The van der Waals surface area contributed by atoms with Crippen molar-refractivity contribution in [2.45, 2.75) is 33.2 Å². The Labute approximate surface area is 139 Å². The average molecular weight is 354 g/mol. The van der Waals surface area contributed by atoms with E-state index in [1.54, 1.807) is 13.1 Å². The Morgan fingerprint density at radius 3 is 2.70 bits per heavy atom. The highest BCUT2D eigenvalue weighted by molar-refractivity contribution is 7.91. The van der Waals surface area contributed by atoms with Gasteiger partial charge in [-0.15, -0.1) is 0 Å². The second kappa shape index (κ2) is 5.68. The first-order valence-electron chi connectivity index (χ1n) is 7.23. The summed E-state index contributed by atoms with van der Waals surface area (Å²) < 4.78 is 27.1. The number of H-pyrrole nitrogens is 1. The normalized spacial score (nSPS) is 20.6. The van der Waals surface area contributed by atoms with Gasteiger partial charge in [-0.1, -0.05) is 0 Å². The van der Waals surface area contributed by atoms with Gasteiger partial charge in [-0.25, -0.2) is 8.42 Å². The van der Waals surface area contributed by atoms with Crippen molar-refractivity contribution >= 4 is 28.3 Å². The molecular weight excluding hydrogens is 336 g/mol. The number of hydrogen-bond acceptors (Lipinski definition) is 6. The standard InChI is InChI=1S/C13H18N6O2S2/c1-8-12(6-14-19-10(3)15-16-13(19)22)9(2)18(17-8)11-4-5-23(20,21)7-11/h6,11H,4-5,7H2,1-3H3,(H,16,22)/t11-/m0/s1. The summed E-state index contributed by atoms with van der Waals surface area (Å²) >= 11 is 5.12. The van der Waals surface area contributed by atoms with E-state index in [1.165, 1.54) is 4.68 Å². The van der Waals surface area contributed by atoms with Gasteiger partial charge in [0, 0.05) is 11.3 Å². The van der Waals surface area contributed by atoms with Gasteiger partial charge < -0.3 is 0 Å². The van der Waals surface area contributed by atoms with E-state index in [0.717, 1.165) is 17.0 Å². The molecule has 2 aromatic heterocycles. The van der Waals surface area contributed by atoms with Crippen LogP contribution in [0.4, 0.5) is 0 Å². The molecule has 0 bridgehead atoms. The molecule has 1 N–H and O–H groups in total. The zero-order chi connectivity index (χ0) is 16.8. The summed E-state index contributed by atoms with van der Waals surface area (Å²) in [7, 11) is -2.95. The SMILES string of the molecule is Cc1nn([C@H]2CCS(=O)(=O)C2)c(C)c1C=Nn1c(C)n[nH]c1=S. The summed E-state index contributed by atoms with van der Waals surface area (Å²) in [5, 5.41) is 15.5. The highest BCUT2D eigenvalue weighted by Crippen LogP contribution is 2.26. The second-order valence-corrected chi connectivity index (χ2v) is 8.33. The predicted octanol–water partition coefficient (Wildman–Crippen LogP) is 1.30. The number of sulfone groups is 1. The van der Waals surface area contributed by atoms with Gasteiger partial charge in [-0.2, -0.15) is 20.0 Å². The molecule has 8 nitrogen and oxygen atoms in total. The lowest BCUT2D eigenvalue weighted by molar-refractivity contribution is 0.486. The van der Waals surface area contributed by atoms with E-state index in [4.69, 9.17) is 12.2 Å². The Bertz CT molecular complexity index is 934. The molecule has 1 atom stereocenters. The molecule has 2 aromatic rings. The van der Waals surface area contributed by atoms with E-state index in [0.29, 0.717) is 17.0 Å². The minimum Gasteiger partial charge on any atom is -0.265 e. The molecule has 23 heavy (non-hydrogen) atoms. The van der Waals surface area contributed by atoms with Crippen LogP contribution >= 0.6 is 12.2 Å². The van der Waals surface area contributed by atoms with Crippen LogP contribution in [0.15, 0.2) is 5.10 Å². The Kier molecular flexibility index (Phi) is 3.96. The van der Waals surface area contributed by atoms with Crippen molar-refractivity contribution in [2.75, 3.05) is 11.5 Å². The van der Waals surface area contributed by atoms with Crippen LogP contribution in [0.2, 0.25) is 0 Å². The van der Waals surface area contributed by atoms with Gasteiger partial charge in [0.1, 0.15) is 5.82 Å². The molecule has 0 spiro atoms. The summed E-state index contributed by atoms with van der Waals surface area (Å²) in [5.41, 5.74) is 2.58. The third-order valence-electron chi connectivity index (χ3n) is 4.05. The quantitative estimate of drug-likeness (QED) is 0.662. The van der Waals surface area contributed by atoms with Crippen LogP contribution < -0.4 is 0 Å². The van der Waals surface area contributed by atoms with Gasteiger partial charge in [0.2, 0.25) is 4.77 Å².